The molecule has 0 radical (unpaired) electrons. The summed E-state index contributed by atoms with van der Waals surface area (Å²) in [4.78, 5) is 16.8. The largest absolute Gasteiger partial charge is 0.378 e. The molecule has 4 heteroatoms. The van der Waals surface area contributed by atoms with Crippen molar-refractivity contribution in [2.45, 2.75) is 59.0 Å². The predicted octanol–water partition coefficient (Wildman–Crippen LogP) is 2.77. The Labute approximate surface area is 136 Å². The molecule has 22 heavy (non-hydrogen) atoms. The zero-order valence-corrected chi connectivity index (χ0v) is 14.7. The van der Waals surface area contributed by atoms with Crippen molar-refractivity contribution in [2.75, 3.05) is 39.3 Å². The molecule has 0 bridgehead atoms. The lowest BCUT2D eigenvalue weighted by Gasteiger charge is -2.34. The molecule has 2 aliphatic rings. The summed E-state index contributed by atoms with van der Waals surface area (Å²) in [5.74, 6) is 1.53. The Morgan fingerprint density at radius 1 is 1.05 bits per heavy atom. The van der Waals surface area contributed by atoms with Gasteiger partial charge in [0.2, 0.25) is 5.91 Å². The molecule has 2 rings (SSSR count). The molecule has 0 aromatic heterocycles. The normalized spacial score (nSPS) is 23.0. The molecule has 0 saturated carbocycles. The van der Waals surface area contributed by atoms with Crippen LogP contribution < -0.4 is 0 Å². The number of likely N-dealkylation sites (tertiary alicyclic amines) is 2. The molecule has 2 fully saturated rings. The molecule has 2 saturated heterocycles. The maximum absolute atomic E-state index is 12.4. The van der Waals surface area contributed by atoms with E-state index in [9.17, 15) is 4.79 Å². The van der Waals surface area contributed by atoms with E-state index in [1.807, 2.05) is 0 Å². The topological polar surface area (TPSA) is 32.8 Å². The first-order valence-electron chi connectivity index (χ1n) is 9.18. The van der Waals surface area contributed by atoms with Gasteiger partial charge in [-0.1, -0.05) is 20.3 Å². The molecule has 2 aliphatic heterocycles. The average Bonchev–Trinajstić information content (AvgIpc) is 2.54. The Bertz CT molecular complexity index is 332. The van der Waals surface area contributed by atoms with Crippen LogP contribution in [0.15, 0.2) is 0 Å². The zero-order valence-electron chi connectivity index (χ0n) is 14.7. The minimum atomic E-state index is 0.330. The highest BCUT2D eigenvalue weighted by molar-refractivity contribution is 5.78. The zero-order chi connectivity index (χ0) is 15.9. The lowest BCUT2D eigenvalue weighted by molar-refractivity contribution is -0.134. The fourth-order valence-corrected chi connectivity index (χ4v) is 3.24. The number of rotatable bonds is 6. The summed E-state index contributed by atoms with van der Waals surface area (Å²) in [6, 6.07) is 0. The molecule has 0 aromatic carbocycles. The minimum absolute atomic E-state index is 0.330. The van der Waals surface area contributed by atoms with E-state index in [1.165, 1.54) is 19.3 Å². The van der Waals surface area contributed by atoms with Gasteiger partial charge in [0, 0.05) is 19.7 Å². The smallest absolute Gasteiger partial charge is 0.236 e. The van der Waals surface area contributed by atoms with E-state index in [-0.39, 0.29) is 0 Å². The molecule has 1 atom stereocenters. The fraction of sp³-hybridized carbons (Fsp3) is 0.944. The van der Waals surface area contributed by atoms with Gasteiger partial charge in [0.05, 0.1) is 12.6 Å². The van der Waals surface area contributed by atoms with Crippen molar-refractivity contribution in [3.05, 3.63) is 0 Å². The van der Waals surface area contributed by atoms with Crippen LogP contribution in [0.2, 0.25) is 0 Å². The minimum Gasteiger partial charge on any atom is -0.378 e. The highest BCUT2D eigenvalue weighted by Crippen LogP contribution is 2.20. The number of hydrogen-bond donors (Lipinski definition) is 0. The molecule has 128 valence electrons. The van der Waals surface area contributed by atoms with Crippen molar-refractivity contribution in [1.29, 1.82) is 0 Å². The van der Waals surface area contributed by atoms with Crippen LogP contribution in [-0.4, -0.2) is 61.1 Å². The summed E-state index contributed by atoms with van der Waals surface area (Å²) in [5, 5.41) is 0. The quantitative estimate of drug-likeness (QED) is 0.756. The lowest BCUT2D eigenvalue weighted by atomic mass is 9.97. The second kappa shape index (κ2) is 8.88. The first kappa shape index (κ1) is 17.7. The first-order chi connectivity index (χ1) is 10.6. The van der Waals surface area contributed by atoms with E-state index in [1.54, 1.807) is 0 Å². The van der Waals surface area contributed by atoms with Crippen LogP contribution in [0.25, 0.3) is 0 Å². The number of carbonyl (C=O) groups excluding carboxylic acids is 1. The fourth-order valence-electron chi connectivity index (χ4n) is 3.24. The third-order valence-electron chi connectivity index (χ3n) is 5.31. The monoisotopic (exact) mass is 310 g/mol. The molecular weight excluding hydrogens is 276 g/mol. The van der Waals surface area contributed by atoms with Gasteiger partial charge in [0.25, 0.3) is 0 Å². The Hall–Kier alpha value is -0.610. The standard InChI is InChI=1S/C18H34N2O2/c1-15(2)16(3)22-14-17-7-11-20(12-8-17)18(21)13-19-9-5-4-6-10-19/h15-17H,4-14H2,1-3H3. The third kappa shape index (κ3) is 5.54. The van der Waals surface area contributed by atoms with Crippen molar-refractivity contribution in [3.63, 3.8) is 0 Å². The number of carbonyl (C=O) groups is 1. The Balaban J connectivity index is 1.64. The van der Waals surface area contributed by atoms with Crippen molar-refractivity contribution in [2.24, 2.45) is 11.8 Å². The number of nitrogens with zero attached hydrogens (tertiary/aromatic N) is 2. The van der Waals surface area contributed by atoms with Crippen molar-refractivity contribution < 1.29 is 9.53 Å². The Morgan fingerprint density at radius 3 is 2.27 bits per heavy atom. The van der Waals surface area contributed by atoms with Gasteiger partial charge in [-0.3, -0.25) is 9.69 Å². The molecule has 1 unspecified atom stereocenters. The molecule has 4 nitrogen and oxygen atoms in total. The van der Waals surface area contributed by atoms with E-state index in [0.717, 1.165) is 45.6 Å². The summed E-state index contributed by atoms with van der Waals surface area (Å²) < 4.78 is 5.95. The van der Waals surface area contributed by atoms with Gasteiger partial charge in [-0.05, 0) is 57.5 Å². The van der Waals surface area contributed by atoms with Gasteiger partial charge in [-0.15, -0.1) is 0 Å². The highest BCUT2D eigenvalue weighted by atomic mass is 16.5. The van der Waals surface area contributed by atoms with Crippen LogP contribution in [0.3, 0.4) is 0 Å². The molecule has 2 heterocycles. The number of ether oxygens (including phenoxy) is 1. The van der Waals surface area contributed by atoms with Crippen LogP contribution >= 0.6 is 0 Å². The van der Waals surface area contributed by atoms with Gasteiger partial charge in [0.15, 0.2) is 0 Å². The van der Waals surface area contributed by atoms with Gasteiger partial charge in [-0.25, -0.2) is 0 Å². The van der Waals surface area contributed by atoms with Crippen LogP contribution in [0, 0.1) is 11.8 Å². The van der Waals surface area contributed by atoms with E-state index in [4.69, 9.17) is 4.74 Å². The van der Waals surface area contributed by atoms with E-state index in [2.05, 4.69) is 30.6 Å². The first-order valence-corrected chi connectivity index (χ1v) is 9.18. The lowest BCUT2D eigenvalue weighted by Crippen LogP contribution is -2.45. The SMILES string of the molecule is CC(C)C(C)OCC1CCN(C(=O)CN2CCCCC2)CC1. The van der Waals surface area contributed by atoms with Crippen LogP contribution in [0.4, 0.5) is 0 Å². The second-order valence-corrected chi connectivity index (χ2v) is 7.44. The number of piperidine rings is 2. The molecule has 1 amide bonds. The Morgan fingerprint density at radius 2 is 1.68 bits per heavy atom. The number of hydrogen-bond acceptors (Lipinski definition) is 3. The Kier molecular flexibility index (Phi) is 7.16. The van der Waals surface area contributed by atoms with Crippen LogP contribution in [0.1, 0.15) is 52.9 Å². The van der Waals surface area contributed by atoms with E-state index >= 15 is 0 Å². The van der Waals surface area contributed by atoms with Crippen molar-refractivity contribution in [1.82, 2.24) is 9.80 Å². The second-order valence-electron chi connectivity index (χ2n) is 7.44. The highest BCUT2D eigenvalue weighted by Gasteiger charge is 2.25. The summed E-state index contributed by atoms with van der Waals surface area (Å²) in [5.41, 5.74) is 0. The molecule has 0 spiro atoms. The molecule has 0 aromatic rings. The molecule has 0 N–H and O–H groups in total. The molecular formula is C18H34N2O2. The van der Waals surface area contributed by atoms with Gasteiger partial charge in [-0.2, -0.15) is 0 Å². The van der Waals surface area contributed by atoms with Crippen molar-refractivity contribution >= 4 is 5.91 Å². The maximum Gasteiger partial charge on any atom is 0.236 e. The van der Waals surface area contributed by atoms with Crippen LogP contribution in [0.5, 0.6) is 0 Å². The summed E-state index contributed by atoms with van der Waals surface area (Å²) in [6.07, 6.45) is 6.35. The third-order valence-corrected chi connectivity index (χ3v) is 5.31. The van der Waals surface area contributed by atoms with Gasteiger partial charge in [0.1, 0.15) is 0 Å². The average molecular weight is 310 g/mol. The van der Waals surface area contributed by atoms with Gasteiger partial charge >= 0.3 is 0 Å². The van der Waals surface area contributed by atoms with E-state index in [0.29, 0.717) is 30.4 Å². The van der Waals surface area contributed by atoms with E-state index < -0.39 is 0 Å². The summed E-state index contributed by atoms with van der Waals surface area (Å²) in [7, 11) is 0. The van der Waals surface area contributed by atoms with Gasteiger partial charge < -0.3 is 9.64 Å². The number of amides is 1. The van der Waals surface area contributed by atoms with Crippen LogP contribution in [-0.2, 0) is 9.53 Å². The summed E-state index contributed by atoms with van der Waals surface area (Å²) in [6.45, 7) is 12.1. The molecule has 0 aliphatic carbocycles. The van der Waals surface area contributed by atoms with Crippen molar-refractivity contribution in [3.8, 4) is 0 Å². The predicted molar refractivity (Wildman–Crippen MR) is 89.8 cm³/mol. The maximum atomic E-state index is 12.4. The summed E-state index contributed by atoms with van der Waals surface area (Å²) >= 11 is 0.